The Bertz CT molecular complexity index is 201. The molecule has 4 unspecified atom stereocenters. The molecule has 0 aromatic rings. The molecule has 1 saturated heterocycles. The number of aliphatic hydroxyl groups excluding tert-OH is 1. The lowest BCUT2D eigenvalue weighted by atomic mass is 9.84. The van der Waals surface area contributed by atoms with Gasteiger partial charge in [-0.05, 0) is 31.6 Å². The smallest absolute Gasteiger partial charge is 0.0836 e. The van der Waals surface area contributed by atoms with Crippen LogP contribution < -0.4 is 0 Å². The molecule has 2 aliphatic rings. The zero-order valence-electron chi connectivity index (χ0n) is 10.2. The highest BCUT2D eigenvalue weighted by Crippen LogP contribution is 2.29. The summed E-state index contributed by atoms with van der Waals surface area (Å²) in [6.07, 6.45) is 5.24. The Balaban J connectivity index is 1.73. The molecular weight excluding hydrogens is 204 g/mol. The number of rotatable bonds is 4. The maximum absolute atomic E-state index is 9.90. The Kier molecular flexibility index (Phi) is 4.62. The third-order valence-corrected chi connectivity index (χ3v) is 4.01. The van der Waals surface area contributed by atoms with Crippen LogP contribution in [0.15, 0.2) is 0 Å². The summed E-state index contributed by atoms with van der Waals surface area (Å²) >= 11 is 0. The average Bonchev–Trinajstić information content (AvgIpc) is 2.81. The molecule has 94 valence electrons. The molecule has 0 aromatic heterocycles. The zero-order chi connectivity index (χ0) is 11.4. The molecule has 3 heteroatoms. The van der Waals surface area contributed by atoms with E-state index in [0.29, 0.717) is 5.92 Å². The van der Waals surface area contributed by atoms with Gasteiger partial charge in [0.2, 0.25) is 0 Å². The molecule has 3 nitrogen and oxygen atoms in total. The molecule has 16 heavy (non-hydrogen) atoms. The Morgan fingerprint density at radius 3 is 2.81 bits per heavy atom. The molecule has 0 radical (unpaired) electrons. The van der Waals surface area contributed by atoms with E-state index in [0.717, 1.165) is 51.4 Å². The third-order valence-electron chi connectivity index (χ3n) is 4.01. The molecule has 1 N–H and O–H groups in total. The van der Waals surface area contributed by atoms with Crippen molar-refractivity contribution in [3.05, 3.63) is 0 Å². The van der Waals surface area contributed by atoms with Gasteiger partial charge in [0.05, 0.1) is 25.4 Å². The number of ether oxygens (including phenoxy) is 2. The highest BCUT2D eigenvalue weighted by Gasteiger charge is 2.30. The summed E-state index contributed by atoms with van der Waals surface area (Å²) in [7, 11) is 0. The summed E-state index contributed by atoms with van der Waals surface area (Å²) in [5.41, 5.74) is 0. The first-order valence-electron chi connectivity index (χ1n) is 6.67. The predicted molar refractivity (Wildman–Crippen MR) is 62.3 cm³/mol. The first-order chi connectivity index (χ1) is 7.79. The van der Waals surface area contributed by atoms with Crippen LogP contribution in [0.1, 0.15) is 39.0 Å². The molecule has 2 fully saturated rings. The summed E-state index contributed by atoms with van der Waals surface area (Å²) in [5.74, 6) is 1.29. The molecule has 1 saturated carbocycles. The van der Waals surface area contributed by atoms with Crippen molar-refractivity contribution in [2.45, 2.75) is 51.2 Å². The minimum absolute atomic E-state index is 0.0688. The highest BCUT2D eigenvalue weighted by atomic mass is 16.5. The first-order valence-corrected chi connectivity index (χ1v) is 6.67. The van der Waals surface area contributed by atoms with Crippen LogP contribution >= 0.6 is 0 Å². The lowest BCUT2D eigenvalue weighted by molar-refractivity contribution is -0.0811. The largest absolute Gasteiger partial charge is 0.390 e. The minimum Gasteiger partial charge on any atom is -0.390 e. The molecule has 1 aliphatic carbocycles. The second-order valence-electron chi connectivity index (χ2n) is 5.26. The van der Waals surface area contributed by atoms with Crippen LogP contribution in [-0.2, 0) is 9.47 Å². The lowest BCUT2D eigenvalue weighted by Gasteiger charge is -2.33. The van der Waals surface area contributed by atoms with E-state index in [1.807, 2.05) is 0 Å². The fourth-order valence-corrected chi connectivity index (χ4v) is 2.72. The molecular formula is C13H24O3. The quantitative estimate of drug-likeness (QED) is 0.799. The van der Waals surface area contributed by atoms with Gasteiger partial charge in [-0.25, -0.2) is 0 Å². The van der Waals surface area contributed by atoms with Crippen molar-refractivity contribution in [2.75, 3.05) is 19.8 Å². The van der Waals surface area contributed by atoms with Gasteiger partial charge in [0.15, 0.2) is 0 Å². The summed E-state index contributed by atoms with van der Waals surface area (Å²) in [5, 5.41) is 9.90. The fraction of sp³-hybridized carbons (Fsp3) is 1.00. The molecule has 0 bridgehead atoms. The molecule has 0 aromatic carbocycles. The molecule has 0 spiro atoms. The van der Waals surface area contributed by atoms with Gasteiger partial charge in [-0.2, -0.15) is 0 Å². The molecule has 4 atom stereocenters. The summed E-state index contributed by atoms with van der Waals surface area (Å²) < 4.78 is 11.2. The van der Waals surface area contributed by atoms with E-state index in [4.69, 9.17) is 9.47 Å². The Morgan fingerprint density at radius 2 is 2.12 bits per heavy atom. The summed E-state index contributed by atoms with van der Waals surface area (Å²) in [6.45, 7) is 4.70. The summed E-state index contributed by atoms with van der Waals surface area (Å²) in [4.78, 5) is 0. The standard InChI is InChI=1S/C13H24O3/c1-2-10-3-4-12(14)13(7-10)16-9-11-5-6-15-8-11/h10-14H,2-9H2,1H3. The lowest BCUT2D eigenvalue weighted by Crippen LogP contribution is -2.37. The van der Waals surface area contributed by atoms with E-state index in [9.17, 15) is 5.11 Å². The zero-order valence-corrected chi connectivity index (χ0v) is 10.2. The molecule has 1 aliphatic heterocycles. The second-order valence-corrected chi connectivity index (χ2v) is 5.26. The van der Waals surface area contributed by atoms with Gasteiger partial charge in [0.25, 0.3) is 0 Å². The second kappa shape index (κ2) is 5.99. The maximum Gasteiger partial charge on any atom is 0.0836 e. The monoisotopic (exact) mass is 228 g/mol. The Labute approximate surface area is 98.1 Å². The third kappa shape index (κ3) is 3.19. The van der Waals surface area contributed by atoms with Gasteiger partial charge in [0, 0.05) is 12.5 Å². The van der Waals surface area contributed by atoms with Crippen molar-refractivity contribution in [1.82, 2.24) is 0 Å². The van der Waals surface area contributed by atoms with Crippen LogP contribution in [0.4, 0.5) is 0 Å². The van der Waals surface area contributed by atoms with E-state index in [-0.39, 0.29) is 12.2 Å². The molecule has 1 heterocycles. The number of aliphatic hydroxyl groups is 1. The van der Waals surface area contributed by atoms with Crippen molar-refractivity contribution >= 4 is 0 Å². The van der Waals surface area contributed by atoms with Crippen LogP contribution in [0.25, 0.3) is 0 Å². The van der Waals surface area contributed by atoms with E-state index >= 15 is 0 Å². The van der Waals surface area contributed by atoms with Crippen molar-refractivity contribution < 1.29 is 14.6 Å². The maximum atomic E-state index is 9.90. The topological polar surface area (TPSA) is 38.7 Å². The highest BCUT2D eigenvalue weighted by molar-refractivity contribution is 4.80. The van der Waals surface area contributed by atoms with Crippen LogP contribution in [0.5, 0.6) is 0 Å². The molecule has 0 amide bonds. The number of hydrogen-bond acceptors (Lipinski definition) is 3. The SMILES string of the molecule is CCC1CCC(O)C(OCC2CCOC2)C1. The number of hydrogen-bond donors (Lipinski definition) is 1. The first kappa shape index (κ1) is 12.3. The van der Waals surface area contributed by atoms with Crippen LogP contribution in [0.3, 0.4) is 0 Å². The van der Waals surface area contributed by atoms with E-state index in [2.05, 4.69) is 6.92 Å². The van der Waals surface area contributed by atoms with Crippen molar-refractivity contribution in [2.24, 2.45) is 11.8 Å². The van der Waals surface area contributed by atoms with Crippen molar-refractivity contribution in [1.29, 1.82) is 0 Å². The predicted octanol–water partition coefficient (Wildman–Crippen LogP) is 1.98. The van der Waals surface area contributed by atoms with Gasteiger partial charge < -0.3 is 14.6 Å². The summed E-state index contributed by atoms with van der Waals surface area (Å²) in [6, 6.07) is 0. The van der Waals surface area contributed by atoms with Gasteiger partial charge in [-0.1, -0.05) is 13.3 Å². The van der Waals surface area contributed by atoms with Gasteiger partial charge in [0.1, 0.15) is 0 Å². The van der Waals surface area contributed by atoms with Gasteiger partial charge in [-0.3, -0.25) is 0 Å². The molecule has 2 rings (SSSR count). The average molecular weight is 228 g/mol. The minimum atomic E-state index is -0.245. The van der Waals surface area contributed by atoms with Crippen LogP contribution in [-0.4, -0.2) is 37.1 Å². The van der Waals surface area contributed by atoms with Crippen LogP contribution in [0.2, 0.25) is 0 Å². The van der Waals surface area contributed by atoms with E-state index in [1.165, 1.54) is 6.42 Å². The van der Waals surface area contributed by atoms with E-state index < -0.39 is 0 Å². The normalized spacial score (nSPS) is 40.1. The Morgan fingerprint density at radius 1 is 1.25 bits per heavy atom. The van der Waals surface area contributed by atoms with E-state index in [1.54, 1.807) is 0 Å². The van der Waals surface area contributed by atoms with Gasteiger partial charge in [-0.15, -0.1) is 0 Å². The Hall–Kier alpha value is -0.120. The van der Waals surface area contributed by atoms with Crippen molar-refractivity contribution in [3.8, 4) is 0 Å². The van der Waals surface area contributed by atoms with Gasteiger partial charge >= 0.3 is 0 Å². The van der Waals surface area contributed by atoms with Crippen LogP contribution in [0, 0.1) is 11.8 Å². The fourth-order valence-electron chi connectivity index (χ4n) is 2.72. The van der Waals surface area contributed by atoms with Crippen molar-refractivity contribution in [3.63, 3.8) is 0 Å².